The fourth-order valence-corrected chi connectivity index (χ4v) is 5.97. The van der Waals surface area contributed by atoms with E-state index in [-0.39, 0.29) is 53.4 Å². The van der Waals surface area contributed by atoms with E-state index in [2.05, 4.69) is 10.6 Å². The van der Waals surface area contributed by atoms with E-state index in [4.69, 9.17) is 21.1 Å². The van der Waals surface area contributed by atoms with Crippen molar-refractivity contribution < 1.29 is 32.6 Å². The Bertz CT molecular complexity index is 1550. The number of rotatable bonds is 9. The van der Waals surface area contributed by atoms with Crippen LogP contribution in [0, 0.1) is 5.92 Å². The first-order valence-electron chi connectivity index (χ1n) is 13.6. The molecule has 0 aliphatic carbocycles. The van der Waals surface area contributed by atoms with Gasteiger partial charge in [-0.3, -0.25) is 4.79 Å². The lowest BCUT2D eigenvalue weighted by molar-refractivity contribution is 0.0389. The second-order valence-electron chi connectivity index (χ2n) is 10.4. The molecule has 0 aromatic heterocycles. The monoisotopic (exact) mass is 630 g/mol. The van der Waals surface area contributed by atoms with Crippen LogP contribution in [0.15, 0.2) is 71.6 Å². The smallest absolute Gasteiger partial charge is 0.323 e. The van der Waals surface area contributed by atoms with Crippen molar-refractivity contribution in [3.8, 4) is 11.5 Å². The van der Waals surface area contributed by atoms with E-state index >= 15 is 0 Å². The fourth-order valence-electron chi connectivity index (χ4n) is 4.66. The first-order chi connectivity index (χ1) is 20.4. The van der Waals surface area contributed by atoms with Gasteiger partial charge in [-0.25, -0.2) is 13.2 Å². The van der Waals surface area contributed by atoms with Gasteiger partial charge in [0.25, 0.3) is 5.91 Å². The number of aliphatic hydroxyl groups excluding tert-OH is 1. The number of hydrogen-bond donors (Lipinski definition) is 3. The van der Waals surface area contributed by atoms with Gasteiger partial charge in [-0.15, -0.1) is 0 Å². The molecule has 0 fully saturated rings. The van der Waals surface area contributed by atoms with E-state index in [1.165, 1.54) is 40.5 Å². The number of halogens is 1. The number of sulfonamides is 1. The van der Waals surface area contributed by atoms with E-state index in [1.807, 2.05) is 6.92 Å². The number of aliphatic hydroxyl groups is 1. The number of hydrogen-bond acceptors (Lipinski definition) is 7. The summed E-state index contributed by atoms with van der Waals surface area (Å²) in [5, 5.41) is 15.8. The van der Waals surface area contributed by atoms with Crippen LogP contribution in [0.2, 0.25) is 5.02 Å². The third-order valence-corrected chi connectivity index (χ3v) is 9.34. The summed E-state index contributed by atoms with van der Waals surface area (Å²) >= 11 is 5.95. The zero-order valence-corrected chi connectivity index (χ0v) is 25.9. The molecule has 1 aliphatic heterocycles. The molecule has 3 atom stereocenters. The van der Waals surface area contributed by atoms with Crippen molar-refractivity contribution in [1.82, 2.24) is 9.21 Å². The zero-order valence-electron chi connectivity index (χ0n) is 24.3. The van der Waals surface area contributed by atoms with E-state index in [0.717, 1.165) is 0 Å². The predicted molar refractivity (Wildman–Crippen MR) is 165 cm³/mol. The van der Waals surface area contributed by atoms with Gasteiger partial charge in [-0.2, -0.15) is 4.31 Å². The van der Waals surface area contributed by atoms with Crippen LogP contribution in [0.1, 0.15) is 24.2 Å². The zero-order chi connectivity index (χ0) is 31.3. The average Bonchev–Trinajstić information content (AvgIpc) is 2.99. The summed E-state index contributed by atoms with van der Waals surface area (Å²) in [7, 11) is -0.913. The van der Waals surface area contributed by atoms with Gasteiger partial charge in [-0.1, -0.05) is 24.6 Å². The molecular formula is C30H35ClN4O7S. The average molecular weight is 631 g/mol. The number of carbonyl (C=O) groups excluding carboxylic acids is 2. The third kappa shape index (κ3) is 7.39. The SMILES string of the molecule is COc1ccc(NC(=O)Nc2cccc3c2O[C@H](CN(C)S(=O)(=O)c2ccc(Cl)cc2)[C@H](C)CN([C@@H](C)CO)C3=O)cc1. The molecular weight excluding hydrogens is 596 g/mol. The van der Waals surface area contributed by atoms with E-state index in [9.17, 15) is 23.1 Å². The number of para-hydroxylation sites is 1. The molecule has 0 radical (unpaired) electrons. The number of amides is 3. The van der Waals surface area contributed by atoms with Crippen LogP contribution in [-0.4, -0.2) is 80.7 Å². The fraction of sp³-hybridized carbons (Fsp3) is 0.333. The molecule has 0 saturated heterocycles. The number of nitrogens with one attached hydrogen (secondary N) is 2. The van der Waals surface area contributed by atoms with Crippen molar-refractivity contribution in [3.63, 3.8) is 0 Å². The van der Waals surface area contributed by atoms with Crippen molar-refractivity contribution in [1.29, 1.82) is 0 Å². The van der Waals surface area contributed by atoms with Crippen LogP contribution in [0.3, 0.4) is 0 Å². The Kier molecular flexibility index (Phi) is 10.2. The summed E-state index contributed by atoms with van der Waals surface area (Å²) in [6, 6.07) is 16.3. The highest BCUT2D eigenvalue weighted by Crippen LogP contribution is 2.35. The van der Waals surface area contributed by atoms with Gasteiger partial charge in [0.15, 0.2) is 5.75 Å². The molecule has 13 heteroatoms. The first-order valence-corrected chi connectivity index (χ1v) is 15.4. The van der Waals surface area contributed by atoms with Crippen LogP contribution < -0.4 is 20.1 Å². The lowest BCUT2D eigenvalue weighted by atomic mass is 9.99. The number of nitrogens with zero attached hydrogens (tertiary/aromatic N) is 2. The lowest BCUT2D eigenvalue weighted by Gasteiger charge is -2.38. The lowest BCUT2D eigenvalue weighted by Crippen LogP contribution is -2.50. The number of likely N-dealkylation sites (N-methyl/N-ethyl adjacent to an activating group) is 1. The quantitative estimate of drug-likeness (QED) is 0.316. The number of methoxy groups -OCH3 is 1. The largest absolute Gasteiger partial charge is 0.497 e. The van der Waals surface area contributed by atoms with Gasteiger partial charge in [0.2, 0.25) is 10.0 Å². The number of ether oxygens (including phenoxy) is 2. The van der Waals surface area contributed by atoms with Crippen molar-refractivity contribution in [2.45, 2.75) is 30.9 Å². The standard InChI is InChI=1S/C30H35ClN4O7S/c1-19-16-35(20(2)18-36)29(37)25-6-5-7-26(33-30(38)32-22-10-12-23(41-4)13-11-22)28(25)42-27(19)17-34(3)43(39,40)24-14-8-21(31)9-15-24/h5-15,19-20,27,36H,16-18H2,1-4H3,(H2,32,33,38)/t19-,20+,27-/m1/s1. The molecule has 11 nitrogen and oxygen atoms in total. The number of fused-ring (bicyclic) bond motifs is 1. The molecule has 0 spiro atoms. The normalized spacial score (nSPS) is 17.7. The number of urea groups is 1. The maximum absolute atomic E-state index is 13.7. The molecule has 1 aliphatic rings. The second kappa shape index (κ2) is 13.6. The summed E-state index contributed by atoms with van der Waals surface area (Å²) in [4.78, 5) is 28.3. The Hall–Kier alpha value is -3.84. The maximum Gasteiger partial charge on any atom is 0.323 e. The highest BCUT2D eigenvalue weighted by Gasteiger charge is 2.36. The van der Waals surface area contributed by atoms with Gasteiger partial charge < -0.3 is 30.1 Å². The molecule has 3 aromatic carbocycles. The van der Waals surface area contributed by atoms with Crippen molar-refractivity contribution >= 4 is 44.9 Å². The van der Waals surface area contributed by atoms with E-state index in [0.29, 0.717) is 16.5 Å². The summed E-state index contributed by atoms with van der Waals surface area (Å²) in [6.07, 6.45) is -0.736. The summed E-state index contributed by atoms with van der Waals surface area (Å²) < 4.78 is 39.5. The van der Waals surface area contributed by atoms with Crippen molar-refractivity contribution in [2.24, 2.45) is 5.92 Å². The predicted octanol–water partition coefficient (Wildman–Crippen LogP) is 4.53. The van der Waals surface area contributed by atoms with Crippen LogP contribution in [0.4, 0.5) is 16.2 Å². The van der Waals surface area contributed by atoms with Crippen LogP contribution in [0.5, 0.6) is 11.5 Å². The number of carbonyl (C=O) groups is 2. The minimum atomic E-state index is -3.91. The molecule has 43 heavy (non-hydrogen) atoms. The topological polar surface area (TPSA) is 138 Å². The molecule has 3 aromatic rings. The third-order valence-electron chi connectivity index (χ3n) is 7.25. The van der Waals surface area contributed by atoms with Gasteiger partial charge in [0.05, 0.1) is 42.4 Å². The Morgan fingerprint density at radius 1 is 1.14 bits per heavy atom. The van der Waals surface area contributed by atoms with Gasteiger partial charge in [-0.05, 0) is 67.6 Å². The molecule has 1 heterocycles. The van der Waals surface area contributed by atoms with Crippen LogP contribution in [-0.2, 0) is 10.0 Å². The first kappa shape index (κ1) is 32.1. The summed E-state index contributed by atoms with van der Waals surface area (Å²) in [5.74, 6) is -0.0214. The van der Waals surface area contributed by atoms with Gasteiger partial charge in [0.1, 0.15) is 11.9 Å². The van der Waals surface area contributed by atoms with E-state index in [1.54, 1.807) is 56.5 Å². The minimum Gasteiger partial charge on any atom is -0.497 e. The Balaban J connectivity index is 1.67. The van der Waals surface area contributed by atoms with Crippen LogP contribution >= 0.6 is 11.6 Å². The molecule has 0 saturated carbocycles. The van der Waals surface area contributed by atoms with Crippen LogP contribution in [0.25, 0.3) is 0 Å². The molecule has 0 unspecified atom stereocenters. The van der Waals surface area contributed by atoms with Gasteiger partial charge >= 0.3 is 6.03 Å². The highest BCUT2D eigenvalue weighted by molar-refractivity contribution is 7.89. The van der Waals surface area contributed by atoms with E-state index < -0.39 is 28.2 Å². The Labute approximate surface area is 256 Å². The number of benzene rings is 3. The molecule has 0 bridgehead atoms. The molecule has 3 amide bonds. The second-order valence-corrected chi connectivity index (χ2v) is 12.8. The van der Waals surface area contributed by atoms with Gasteiger partial charge in [0, 0.05) is 30.2 Å². The minimum absolute atomic E-state index is 0.0620. The highest BCUT2D eigenvalue weighted by atomic mass is 35.5. The summed E-state index contributed by atoms with van der Waals surface area (Å²) in [5.41, 5.74) is 0.899. The molecule has 230 valence electrons. The number of anilines is 2. The Morgan fingerprint density at radius 3 is 2.44 bits per heavy atom. The Morgan fingerprint density at radius 2 is 1.81 bits per heavy atom. The summed E-state index contributed by atoms with van der Waals surface area (Å²) in [6.45, 7) is 3.44. The molecule has 4 rings (SSSR count). The molecule has 3 N–H and O–H groups in total. The van der Waals surface area contributed by atoms with Crippen molar-refractivity contribution in [3.05, 3.63) is 77.3 Å². The maximum atomic E-state index is 13.7. The van der Waals surface area contributed by atoms with Crippen molar-refractivity contribution in [2.75, 3.05) is 44.5 Å².